The van der Waals surface area contributed by atoms with E-state index in [1.807, 2.05) is 6.92 Å². The summed E-state index contributed by atoms with van der Waals surface area (Å²) in [6, 6.07) is 4.19. The van der Waals surface area contributed by atoms with E-state index in [4.69, 9.17) is 4.98 Å². The number of pyridine rings is 1. The Morgan fingerprint density at radius 2 is 1.90 bits per heavy atom. The number of aryl methyl sites for hydroxylation is 2. The van der Waals surface area contributed by atoms with Crippen molar-refractivity contribution >= 4 is 11.0 Å². The van der Waals surface area contributed by atoms with E-state index in [1.165, 1.54) is 19.3 Å². The zero-order valence-corrected chi connectivity index (χ0v) is 12.9. The summed E-state index contributed by atoms with van der Waals surface area (Å²) in [5.74, 6) is 0.426. The van der Waals surface area contributed by atoms with Gasteiger partial charge in [0.05, 0.1) is 5.69 Å². The summed E-state index contributed by atoms with van der Waals surface area (Å²) in [6.45, 7) is 4.68. The van der Waals surface area contributed by atoms with E-state index >= 15 is 0 Å². The van der Waals surface area contributed by atoms with E-state index in [1.54, 1.807) is 4.57 Å². The van der Waals surface area contributed by atoms with Gasteiger partial charge < -0.3 is 0 Å². The fraction of sp³-hybridized carbons (Fsp3) is 0.588. The van der Waals surface area contributed by atoms with Crippen LogP contribution < -0.4 is 5.69 Å². The fourth-order valence-corrected chi connectivity index (χ4v) is 3.38. The SMILES string of the molecule is CCc1ccc2c(C3CCCCC3)nc(=O)n(CC)c2n1. The normalized spacial score (nSPS) is 16.5. The molecule has 0 radical (unpaired) electrons. The first-order valence-electron chi connectivity index (χ1n) is 8.15. The zero-order chi connectivity index (χ0) is 14.8. The van der Waals surface area contributed by atoms with Crippen molar-refractivity contribution in [2.75, 3.05) is 0 Å². The minimum Gasteiger partial charge on any atom is -0.276 e. The molecule has 0 unspecified atom stereocenters. The number of aromatic nitrogens is 3. The molecule has 4 heteroatoms. The summed E-state index contributed by atoms with van der Waals surface area (Å²) in [5, 5.41) is 1.07. The highest BCUT2D eigenvalue weighted by Crippen LogP contribution is 2.34. The van der Waals surface area contributed by atoms with Crippen LogP contribution in [-0.2, 0) is 13.0 Å². The van der Waals surface area contributed by atoms with Gasteiger partial charge in [0.2, 0.25) is 0 Å². The zero-order valence-electron chi connectivity index (χ0n) is 12.9. The van der Waals surface area contributed by atoms with Crippen molar-refractivity contribution < 1.29 is 0 Å². The molecule has 0 spiro atoms. The molecule has 21 heavy (non-hydrogen) atoms. The molecule has 1 aliphatic carbocycles. The van der Waals surface area contributed by atoms with Gasteiger partial charge >= 0.3 is 5.69 Å². The summed E-state index contributed by atoms with van der Waals surface area (Å²) in [6.07, 6.45) is 6.96. The van der Waals surface area contributed by atoms with Crippen molar-refractivity contribution in [1.29, 1.82) is 0 Å². The van der Waals surface area contributed by atoms with E-state index < -0.39 is 0 Å². The molecule has 0 aromatic carbocycles. The second kappa shape index (κ2) is 5.96. The average Bonchev–Trinajstić information content (AvgIpc) is 2.54. The van der Waals surface area contributed by atoms with E-state index in [9.17, 15) is 4.79 Å². The summed E-state index contributed by atoms with van der Waals surface area (Å²) in [4.78, 5) is 21.5. The van der Waals surface area contributed by atoms with Gasteiger partial charge in [0.25, 0.3) is 0 Å². The van der Waals surface area contributed by atoms with E-state index in [2.05, 4.69) is 24.0 Å². The first-order valence-corrected chi connectivity index (χ1v) is 8.15. The highest BCUT2D eigenvalue weighted by molar-refractivity contribution is 5.78. The van der Waals surface area contributed by atoms with Crippen LogP contribution in [0.4, 0.5) is 0 Å². The molecule has 2 aromatic heterocycles. The highest BCUT2D eigenvalue weighted by Gasteiger charge is 2.21. The van der Waals surface area contributed by atoms with Crippen molar-refractivity contribution in [1.82, 2.24) is 14.5 Å². The van der Waals surface area contributed by atoms with E-state index in [0.717, 1.165) is 41.7 Å². The van der Waals surface area contributed by atoms with Gasteiger partial charge in [-0.05, 0) is 38.3 Å². The lowest BCUT2D eigenvalue weighted by Gasteiger charge is -2.22. The third-order valence-electron chi connectivity index (χ3n) is 4.58. The Bertz CT molecular complexity index is 699. The molecule has 0 saturated heterocycles. The van der Waals surface area contributed by atoms with Gasteiger partial charge in [0, 0.05) is 23.5 Å². The topological polar surface area (TPSA) is 47.8 Å². The maximum Gasteiger partial charge on any atom is 0.349 e. The van der Waals surface area contributed by atoms with Crippen LogP contribution in [0, 0.1) is 0 Å². The quantitative estimate of drug-likeness (QED) is 0.868. The standard InChI is InChI=1S/C17H23N3O/c1-3-13-10-11-14-15(12-8-6-5-7-9-12)19-17(21)20(4-2)16(14)18-13/h10-12H,3-9H2,1-2H3. The Kier molecular flexibility index (Phi) is 4.04. The molecular weight excluding hydrogens is 262 g/mol. The van der Waals surface area contributed by atoms with Gasteiger partial charge in [-0.2, -0.15) is 4.98 Å². The van der Waals surface area contributed by atoms with Crippen molar-refractivity contribution in [3.63, 3.8) is 0 Å². The van der Waals surface area contributed by atoms with Crippen molar-refractivity contribution in [3.8, 4) is 0 Å². The summed E-state index contributed by atoms with van der Waals surface area (Å²) < 4.78 is 1.70. The lowest BCUT2D eigenvalue weighted by molar-refractivity contribution is 0.437. The molecule has 1 fully saturated rings. The minimum absolute atomic E-state index is 0.147. The van der Waals surface area contributed by atoms with E-state index in [0.29, 0.717) is 12.5 Å². The molecule has 3 rings (SSSR count). The Morgan fingerprint density at radius 1 is 1.14 bits per heavy atom. The molecule has 4 nitrogen and oxygen atoms in total. The molecule has 0 aliphatic heterocycles. The first kappa shape index (κ1) is 14.2. The first-order chi connectivity index (χ1) is 10.2. The van der Waals surface area contributed by atoms with Gasteiger partial charge in [-0.3, -0.25) is 4.57 Å². The van der Waals surface area contributed by atoms with Gasteiger partial charge in [0.15, 0.2) is 0 Å². The molecule has 112 valence electrons. The van der Waals surface area contributed by atoms with Crippen LogP contribution in [0.3, 0.4) is 0 Å². The lowest BCUT2D eigenvalue weighted by atomic mass is 9.85. The number of rotatable bonds is 3. The van der Waals surface area contributed by atoms with Crippen molar-refractivity contribution in [2.24, 2.45) is 0 Å². The van der Waals surface area contributed by atoms with Crippen molar-refractivity contribution in [2.45, 2.75) is 64.8 Å². The van der Waals surface area contributed by atoms with Crippen LogP contribution in [0.2, 0.25) is 0 Å². The predicted octanol–water partition coefficient (Wildman–Crippen LogP) is 3.42. The number of fused-ring (bicyclic) bond motifs is 1. The largest absolute Gasteiger partial charge is 0.349 e. The molecule has 2 heterocycles. The predicted molar refractivity (Wildman–Crippen MR) is 84.7 cm³/mol. The van der Waals surface area contributed by atoms with Crippen LogP contribution in [0.5, 0.6) is 0 Å². The maximum absolute atomic E-state index is 12.3. The van der Waals surface area contributed by atoms with Crippen LogP contribution in [0.25, 0.3) is 11.0 Å². The third-order valence-corrected chi connectivity index (χ3v) is 4.58. The summed E-state index contributed by atoms with van der Waals surface area (Å²) in [5.41, 5.74) is 2.68. The van der Waals surface area contributed by atoms with Gasteiger partial charge in [0.1, 0.15) is 5.65 Å². The second-order valence-electron chi connectivity index (χ2n) is 5.89. The minimum atomic E-state index is -0.147. The van der Waals surface area contributed by atoms with Crippen molar-refractivity contribution in [3.05, 3.63) is 34.0 Å². The van der Waals surface area contributed by atoms with Gasteiger partial charge in [-0.25, -0.2) is 9.78 Å². The van der Waals surface area contributed by atoms with Crippen LogP contribution in [-0.4, -0.2) is 14.5 Å². The smallest absolute Gasteiger partial charge is 0.276 e. The highest BCUT2D eigenvalue weighted by atomic mass is 16.1. The van der Waals surface area contributed by atoms with Gasteiger partial charge in [-0.15, -0.1) is 0 Å². The fourth-order valence-electron chi connectivity index (χ4n) is 3.38. The van der Waals surface area contributed by atoms with Crippen LogP contribution >= 0.6 is 0 Å². The van der Waals surface area contributed by atoms with Crippen LogP contribution in [0.1, 0.15) is 63.3 Å². The number of nitrogens with zero attached hydrogens (tertiary/aromatic N) is 3. The Morgan fingerprint density at radius 3 is 2.57 bits per heavy atom. The lowest BCUT2D eigenvalue weighted by Crippen LogP contribution is -2.26. The molecule has 1 saturated carbocycles. The summed E-state index contributed by atoms with van der Waals surface area (Å²) >= 11 is 0. The summed E-state index contributed by atoms with van der Waals surface area (Å²) in [7, 11) is 0. The molecule has 1 aliphatic rings. The number of hydrogen-bond acceptors (Lipinski definition) is 3. The molecule has 0 amide bonds. The maximum atomic E-state index is 12.3. The monoisotopic (exact) mass is 285 g/mol. The molecule has 2 aromatic rings. The number of hydrogen-bond donors (Lipinski definition) is 0. The molecule has 0 atom stereocenters. The average molecular weight is 285 g/mol. The molecule has 0 N–H and O–H groups in total. The van der Waals surface area contributed by atoms with E-state index in [-0.39, 0.29) is 5.69 Å². The van der Waals surface area contributed by atoms with Crippen LogP contribution in [0.15, 0.2) is 16.9 Å². The Hall–Kier alpha value is -1.71. The molecular formula is C17H23N3O. The third kappa shape index (κ3) is 2.59. The second-order valence-corrected chi connectivity index (χ2v) is 5.89. The molecule has 0 bridgehead atoms. The van der Waals surface area contributed by atoms with Gasteiger partial charge in [-0.1, -0.05) is 26.2 Å². The Balaban J connectivity index is 2.23. The Labute approximate surface area is 125 Å².